The van der Waals surface area contributed by atoms with Crippen molar-refractivity contribution in [3.05, 3.63) is 29.8 Å². The molecule has 0 aliphatic carbocycles. The van der Waals surface area contributed by atoms with Crippen molar-refractivity contribution in [2.45, 2.75) is 45.7 Å². The molecule has 18 heavy (non-hydrogen) atoms. The van der Waals surface area contributed by atoms with Gasteiger partial charge in [0.15, 0.2) is 5.11 Å². The molecule has 1 heterocycles. The Kier molecular flexibility index (Phi) is 3.88. The highest BCUT2D eigenvalue weighted by atomic mass is 32.1. The summed E-state index contributed by atoms with van der Waals surface area (Å²) in [7, 11) is 0. The maximum atomic E-state index is 5.41. The Bertz CT molecular complexity index is 429. The van der Waals surface area contributed by atoms with Crippen LogP contribution in [0.1, 0.15) is 38.7 Å². The van der Waals surface area contributed by atoms with Crippen molar-refractivity contribution < 1.29 is 0 Å². The van der Waals surface area contributed by atoms with Crippen molar-refractivity contribution in [3.63, 3.8) is 0 Å². The molecule has 1 aromatic carbocycles. The average Bonchev–Trinajstić information content (AvgIpc) is 2.64. The molecule has 0 unspecified atom stereocenters. The molecule has 2 rings (SSSR count). The lowest BCUT2D eigenvalue weighted by Gasteiger charge is -2.25. The predicted octanol–water partition coefficient (Wildman–Crippen LogP) is 3.10. The number of hydrogen-bond acceptors (Lipinski definition) is 2. The maximum absolute atomic E-state index is 5.41. The van der Waals surface area contributed by atoms with Crippen LogP contribution in [0.5, 0.6) is 0 Å². The van der Waals surface area contributed by atoms with Gasteiger partial charge in [-0.2, -0.15) is 0 Å². The first-order chi connectivity index (χ1) is 8.54. The first-order valence-electron chi connectivity index (χ1n) is 6.51. The molecule has 0 bridgehead atoms. The summed E-state index contributed by atoms with van der Waals surface area (Å²) in [5, 5.41) is 6.08. The maximum Gasteiger partial charge on any atom is 0.189 e. The van der Waals surface area contributed by atoms with Gasteiger partial charge < -0.3 is 5.32 Å². The normalized spacial score (nSPS) is 23.3. The van der Waals surface area contributed by atoms with E-state index in [1.165, 1.54) is 18.4 Å². The van der Waals surface area contributed by atoms with Crippen LogP contribution >= 0.6 is 12.2 Å². The van der Waals surface area contributed by atoms with Crippen molar-refractivity contribution in [3.8, 4) is 0 Å². The fraction of sp³-hybridized carbons (Fsp3) is 0.500. The molecule has 1 fully saturated rings. The van der Waals surface area contributed by atoms with Gasteiger partial charge in [-0.05, 0) is 51.0 Å². The van der Waals surface area contributed by atoms with Crippen molar-refractivity contribution in [1.29, 1.82) is 0 Å². The third-order valence-electron chi connectivity index (χ3n) is 3.27. The summed E-state index contributed by atoms with van der Waals surface area (Å²) in [5.74, 6) is 0. The second-order valence-electron chi connectivity index (χ2n) is 5.15. The molecule has 0 radical (unpaired) electrons. The highest BCUT2D eigenvalue weighted by molar-refractivity contribution is 7.80. The molecule has 1 aliphatic heterocycles. The summed E-state index contributed by atoms with van der Waals surface area (Å²) in [4.78, 5) is 0. The van der Waals surface area contributed by atoms with E-state index in [-0.39, 0.29) is 5.66 Å². The Morgan fingerprint density at radius 3 is 2.56 bits per heavy atom. The van der Waals surface area contributed by atoms with Crippen LogP contribution in [-0.4, -0.2) is 10.8 Å². The zero-order valence-corrected chi connectivity index (χ0v) is 12.1. The van der Waals surface area contributed by atoms with Gasteiger partial charge in [0.25, 0.3) is 0 Å². The second-order valence-corrected chi connectivity index (χ2v) is 5.54. The van der Waals surface area contributed by atoms with Crippen LogP contribution in [0.25, 0.3) is 0 Å². The van der Waals surface area contributed by atoms with Crippen LogP contribution in [0.15, 0.2) is 24.3 Å². The molecule has 0 spiro atoms. The molecule has 4 heteroatoms. The summed E-state index contributed by atoms with van der Waals surface area (Å²) in [6, 6.07) is 8.37. The topological polar surface area (TPSA) is 27.3 Å². The lowest BCUT2D eigenvalue weighted by molar-refractivity contribution is 0.337. The van der Waals surface area contributed by atoms with Crippen molar-refractivity contribution in [2.24, 2.45) is 0 Å². The van der Waals surface area contributed by atoms with Gasteiger partial charge in [0.2, 0.25) is 0 Å². The van der Waals surface area contributed by atoms with Crippen LogP contribution < -0.4 is 15.8 Å². The summed E-state index contributed by atoms with van der Waals surface area (Å²) >= 11 is 5.41. The van der Waals surface area contributed by atoms with Crippen LogP contribution in [0.4, 0.5) is 5.69 Å². The van der Waals surface area contributed by atoms with Gasteiger partial charge in [-0.15, -0.1) is 0 Å². The lowest BCUT2D eigenvalue weighted by Crippen LogP contribution is -2.48. The number of nitrogens with zero attached hydrogens (tertiary/aromatic N) is 1. The standard InChI is InChI=1S/C14H21N3S/c1-4-5-10-14(3)15-13(18)17(16-14)12-8-6-11(2)7-9-12/h6-9,16H,4-5,10H2,1-3H3,(H,15,18)/t14-/m1/s1. The molecular formula is C14H21N3S. The molecule has 1 aliphatic rings. The largest absolute Gasteiger partial charge is 0.342 e. The number of hydrogen-bond donors (Lipinski definition) is 2. The van der Waals surface area contributed by atoms with E-state index in [9.17, 15) is 0 Å². The third kappa shape index (κ3) is 2.82. The Hall–Kier alpha value is -1.13. The average molecular weight is 263 g/mol. The van der Waals surface area contributed by atoms with Gasteiger partial charge in [0.05, 0.1) is 5.69 Å². The van der Waals surface area contributed by atoms with E-state index >= 15 is 0 Å². The number of unbranched alkanes of at least 4 members (excludes halogenated alkanes) is 1. The third-order valence-corrected chi connectivity index (χ3v) is 3.55. The van der Waals surface area contributed by atoms with E-state index in [0.29, 0.717) is 0 Å². The van der Waals surface area contributed by atoms with Gasteiger partial charge in [0.1, 0.15) is 5.66 Å². The van der Waals surface area contributed by atoms with Crippen molar-refractivity contribution >= 4 is 23.0 Å². The number of thiocarbonyl (C=S) groups is 1. The predicted molar refractivity (Wildman–Crippen MR) is 80.5 cm³/mol. The zero-order chi connectivity index (χ0) is 13.2. The summed E-state index contributed by atoms with van der Waals surface area (Å²) in [6.45, 7) is 6.45. The first-order valence-corrected chi connectivity index (χ1v) is 6.92. The molecule has 1 aromatic rings. The minimum atomic E-state index is -0.127. The van der Waals surface area contributed by atoms with E-state index < -0.39 is 0 Å². The molecule has 3 nitrogen and oxygen atoms in total. The monoisotopic (exact) mass is 263 g/mol. The number of anilines is 1. The fourth-order valence-corrected chi connectivity index (χ4v) is 2.52. The van der Waals surface area contributed by atoms with E-state index in [2.05, 4.69) is 55.8 Å². The number of nitrogens with one attached hydrogen (secondary N) is 2. The molecule has 2 N–H and O–H groups in total. The molecular weight excluding hydrogens is 242 g/mol. The van der Waals surface area contributed by atoms with E-state index in [1.54, 1.807) is 0 Å². The molecule has 0 saturated carbocycles. The minimum absolute atomic E-state index is 0.127. The van der Waals surface area contributed by atoms with Gasteiger partial charge in [0, 0.05) is 0 Å². The molecule has 1 saturated heterocycles. The van der Waals surface area contributed by atoms with Crippen molar-refractivity contribution in [1.82, 2.24) is 10.7 Å². The zero-order valence-electron chi connectivity index (χ0n) is 11.3. The smallest absolute Gasteiger partial charge is 0.189 e. The van der Waals surface area contributed by atoms with Crippen LogP contribution in [0.2, 0.25) is 0 Å². The van der Waals surface area contributed by atoms with E-state index in [0.717, 1.165) is 17.2 Å². The van der Waals surface area contributed by atoms with Crippen LogP contribution in [-0.2, 0) is 0 Å². The highest BCUT2D eigenvalue weighted by Crippen LogP contribution is 2.22. The van der Waals surface area contributed by atoms with Gasteiger partial charge in [-0.3, -0.25) is 5.01 Å². The number of benzene rings is 1. The quantitative estimate of drug-likeness (QED) is 0.816. The number of aryl methyl sites for hydroxylation is 1. The van der Waals surface area contributed by atoms with E-state index in [4.69, 9.17) is 12.2 Å². The number of rotatable bonds is 4. The fourth-order valence-electron chi connectivity index (χ4n) is 2.14. The Morgan fingerprint density at radius 1 is 1.28 bits per heavy atom. The first kappa shape index (κ1) is 13.3. The molecule has 0 aromatic heterocycles. The van der Waals surface area contributed by atoms with Crippen LogP contribution in [0, 0.1) is 6.92 Å². The SMILES string of the molecule is CCCC[C@]1(C)NC(=S)N(c2ccc(C)cc2)N1. The van der Waals surface area contributed by atoms with Crippen LogP contribution in [0.3, 0.4) is 0 Å². The van der Waals surface area contributed by atoms with Gasteiger partial charge in [-0.25, -0.2) is 5.43 Å². The number of hydrazine groups is 1. The van der Waals surface area contributed by atoms with Crippen molar-refractivity contribution in [2.75, 3.05) is 5.01 Å². The van der Waals surface area contributed by atoms with Gasteiger partial charge in [-0.1, -0.05) is 31.0 Å². The minimum Gasteiger partial charge on any atom is -0.342 e. The summed E-state index contributed by atoms with van der Waals surface area (Å²) < 4.78 is 0. The Balaban J connectivity index is 2.11. The Morgan fingerprint density at radius 2 is 1.94 bits per heavy atom. The molecule has 1 atom stereocenters. The summed E-state index contributed by atoms with van der Waals surface area (Å²) in [5.41, 5.74) is 5.68. The Labute approximate surface area is 115 Å². The molecule has 0 amide bonds. The highest BCUT2D eigenvalue weighted by Gasteiger charge is 2.35. The second kappa shape index (κ2) is 5.24. The van der Waals surface area contributed by atoms with Gasteiger partial charge >= 0.3 is 0 Å². The summed E-state index contributed by atoms with van der Waals surface area (Å²) in [6.07, 6.45) is 3.43. The van der Waals surface area contributed by atoms with E-state index in [1.807, 2.05) is 5.01 Å². The molecule has 98 valence electrons. The lowest BCUT2D eigenvalue weighted by atomic mass is 10.1.